The second kappa shape index (κ2) is 6.79. The van der Waals surface area contributed by atoms with Crippen LogP contribution >= 0.6 is 11.6 Å². The van der Waals surface area contributed by atoms with E-state index in [-0.39, 0.29) is 18.6 Å². The van der Waals surface area contributed by atoms with Crippen LogP contribution in [-0.2, 0) is 4.79 Å². The Labute approximate surface area is 134 Å². The Hall–Kier alpha value is -2.07. The highest BCUT2D eigenvalue weighted by atomic mass is 35.5. The third-order valence-corrected chi connectivity index (χ3v) is 4.07. The SMILES string of the molecule is O=C(COc1ccc(Cl)cc1)N1CCCC1c1cccnc1. The lowest BCUT2D eigenvalue weighted by Gasteiger charge is -2.24. The molecule has 0 bridgehead atoms. The third kappa shape index (κ3) is 3.39. The standard InChI is InChI=1S/C17H17ClN2O2/c18-14-5-7-15(8-6-14)22-12-17(21)20-10-2-4-16(20)13-3-1-9-19-11-13/h1,3,5-9,11,16H,2,4,10,12H2. The monoisotopic (exact) mass is 316 g/mol. The van der Waals surface area contributed by atoms with Gasteiger partial charge in [0, 0.05) is 24.0 Å². The summed E-state index contributed by atoms with van der Waals surface area (Å²) in [7, 11) is 0. The number of hydrogen-bond donors (Lipinski definition) is 0. The maximum atomic E-state index is 12.4. The van der Waals surface area contributed by atoms with Gasteiger partial charge in [0.05, 0.1) is 6.04 Å². The van der Waals surface area contributed by atoms with Gasteiger partial charge in [-0.3, -0.25) is 9.78 Å². The molecule has 1 atom stereocenters. The number of aromatic nitrogens is 1. The van der Waals surface area contributed by atoms with E-state index in [1.165, 1.54) is 0 Å². The van der Waals surface area contributed by atoms with E-state index in [4.69, 9.17) is 16.3 Å². The summed E-state index contributed by atoms with van der Waals surface area (Å²) in [6.45, 7) is 0.806. The number of hydrogen-bond acceptors (Lipinski definition) is 3. The fraction of sp³-hybridized carbons (Fsp3) is 0.294. The Morgan fingerprint density at radius 1 is 1.32 bits per heavy atom. The number of carbonyl (C=O) groups excluding carboxylic acids is 1. The highest BCUT2D eigenvalue weighted by Gasteiger charge is 2.30. The van der Waals surface area contributed by atoms with Gasteiger partial charge in [0.25, 0.3) is 5.91 Å². The van der Waals surface area contributed by atoms with E-state index < -0.39 is 0 Å². The molecule has 0 spiro atoms. The van der Waals surface area contributed by atoms with Crippen LogP contribution in [0.2, 0.25) is 5.02 Å². The van der Waals surface area contributed by atoms with Crippen molar-refractivity contribution in [2.24, 2.45) is 0 Å². The first-order chi connectivity index (χ1) is 10.7. The van der Waals surface area contributed by atoms with Gasteiger partial charge >= 0.3 is 0 Å². The van der Waals surface area contributed by atoms with Crippen LogP contribution < -0.4 is 4.74 Å². The molecule has 1 aliphatic rings. The van der Waals surface area contributed by atoms with Crippen LogP contribution in [0.15, 0.2) is 48.8 Å². The molecule has 1 fully saturated rings. The predicted molar refractivity (Wildman–Crippen MR) is 84.9 cm³/mol. The number of benzene rings is 1. The Balaban J connectivity index is 1.62. The predicted octanol–water partition coefficient (Wildman–Crippen LogP) is 3.48. The van der Waals surface area contributed by atoms with Crippen molar-refractivity contribution < 1.29 is 9.53 Å². The zero-order chi connectivity index (χ0) is 15.4. The molecular weight excluding hydrogens is 300 g/mol. The zero-order valence-electron chi connectivity index (χ0n) is 12.1. The van der Waals surface area contributed by atoms with Crippen molar-refractivity contribution in [1.82, 2.24) is 9.88 Å². The number of nitrogens with zero attached hydrogens (tertiary/aromatic N) is 2. The maximum absolute atomic E-state index is 12.4. The average Bonchev–Trinajstić information content (AvgIpc) is 3.04. The van der Waals surface area contributed by atoms with Crippen LogP contribution in [0.1, 0.15) is 24.4 Å². The van der Waals surface area contributed by atoms with Gasteiger partial charge in [-0.25, -0.2) is 0 Å². The van der Waals surface area contributed by atoms with E-state index in [0.29, 0.717) is 10.8 Å². The molecule has 0 N–H and O–H groups in total. The van der Waals surface area contributed by atoms with E-state index in [0.717, 1.165) is 24.9 Å². The highest BCUT2D eigenvalue weighted by molar-refractivity contribution is 6.30. The molecule has 1 aliphatic heterocycles. The second-order valence-electron chi connectivity index (χ2n) is 5.27. The normalized spacial score (nSPS) is 17.5. The minimum absolute atomic E-state index is 0.00121. The van der Waals surface area contributed by atoms with Gasteiger partial charge < -0.3 is 9.64 Å². The number of halogens is 1. The first-order valence-electron chi connectivity index (χ1n) is 7.32. The minimum atomic E-state index is 0.00121. The van der Waals surface area contributed by atoms with E-state index in [9.17, 15) is 4.79 Å². The number of amides is 1. The summed E-state index contributed by atoms with van der Waals surface area (Å²) in [5, 5.41) is 0.648. The van der Waals surface area contributed by atoms with Crippen LogP contribution in [0.3, 0.4) is 0 Å². The van der Waals surface area contributed by atoms with Crippen molar-refractivity contribution in [2.45, 2.75) is 18.9 Å². The molecule has 1 unspecified atom stereocenters. The first-order valence-corrected chi connectivity index (χ1v) is 7.69. The molecule has 114 valence electrons. The van der Waals surface area contributed by atoms with Gasteiger partial charge in [-0.2, -0.15) is 0 Å². The Bertz CT molecular complexity index is 631. The molecule has 2 aromatic rings. The summed E-state index contributed by atoms with van der Waals surface area (Å²) in [6.07, 6.45) is 5.55. The molecule has 22 heavy (non-hydrogen) atoms. The van der Waals surface area contributed by atoms with Crippen LogP contribution in [0.25, 0.3) is 0 Å². The van der Waals surface area contributed by atoms with E-state index in [2.05, 4.69) is 4.98 Å². The zero-order valence-corrected chi connectivity index (χ0v) is 12.9. The molecular formula is C17H17ClN2O2. The molecule has 3 rings (SSSR count). The maximum Gasteiger partial charge on any atom is 0.261 e. The van der Waals surface area contributed by atoms with Gasteiger partial charge in [0.2, 0.25) is 0 Å². The van der Waals surface area contributed by atoms with Gasteiger partial charge in [-0.15, -0.1) is 0 Å². The number of rotatable bonds is 4. The van der Waals surface area contributed by atoms with E-state index >= 15 is 0 Å². The summed E-state index contributed by atoms with van der Waals surface area (Å²) in [4.78, 5) is 18.4. The largest absolute Gasteiger partial charge is 0.484 e. The summed E-state index contributed by atoms with van der Waals surface area (Å²) >= 11 is 5.83. The topological polar surface area (TPSA) is 42.4 Å². The number of carbonyl (C=O) groups is 1. The van der Waals surface area contributed by atoms with Crippen molar-refractivity contribution in [3.8, 4) is 5.75 Å². The Kier molecular flexibility index (Phi) is 4.59. The molecule has 1 aromatic carbocycles. The van der Waals surface area contributed by atoms with Gasteiger partial charge in [0.15, 0.2) is 6.61 Å². The van der Waals surface area contributed by atoms with Crippen LogP contribution in [0, 0.1) is 0 Å². The van der Waals surface area contributed by atoms with Crippen molar-refractivity contribution in [2.75, 3.05) is 13.2 Å². The van der Waals surface area contributed by atoms with Crippen LogP contribution in [0.4, 0.5) is 0 Å². The molecule has 1 aromatic heterocycles. The molecule has 0 radical (unpaired) electrons. The van der Waals surface area contributed by atoms with Gasteiger partial charge in [-0.1, -0.05) is 17.7 Å². The lowest BCUT2D eigenvalue weighted by molar-refractivity contribution is -0.134. The van der Waals surface area contributed by atoms with Crippen LogP contribution in [0.5, 0.6) is 5.75 Å². The second-order valence-corrected chi connectivity index (χ2v) is 5.71. The fourth-order valence-corrected chi connectivity index (χ4v) is 2.87. The van der Waals surface area contributed by atoms with E-state index in [1.54, 1.807) is 30.5 Å². The van der Waals surface area contributed by atoms with Crippen molar-refractivity contribution >= 4 is 17.5 Å². The van der Waals surface area contributed by atoms with Crippen molar-refractivity contribution in [3.05, 3.63) is 59.4 Å². The molecule has 1 amide bonds. The van der Waals surface area contributed by atoms with Crippen LogP contribution in [-0.4, -0.2) is 28.9 Å². The summed E-state index contributed by atoms with van der Waals surface area (Å²) in [5.41, 5.74) is 1.08. The summed E-state index contributed by atoms with van der Waals surface area (Å²) in [6, 6.07) is 11.0. The number of pyridine rings is 1. The van der Waals surface area contributed by atoms with Gasteiger partial charge in [-0.05, 0) is 48.7 Å². The van der Waals surface area contributed by atoms with Crippen molar-refractivity contribution in [1.29, 1.82) is 0 Å². The summed E-state index contributed by atoms with van der Waals surface area (Å²) in [5.74, 6) is 0.649. The van der Waals surface area contributed by atoms with Gasteiger partial charge in [0.1, 0.15) is 5.75 Å². The molecule has 1 saturated heterocycles. The molecule has 4 nitrogen and oxygen atoms in total. The smallest absolute Gasteiger partial charge is 0.261 e. The third-order valence-electron chi connectivity index (χ3n) is 3.82. The summed E-state index contributed by atoms with van der Waals surface area (Å²) < 4.78 is 5.55. The molecule has 0 aliphatic carbocycles. The number of likely N-dealkylation sites (tertiary alicyclic amines) is 1. The van der Waals surface area contributed by atoms with Crippen molar-refractivity contribution in [3.63, 3.8) is 0 Å². The lowest BCUT2D eigenvalue weighted by atomic mass is 10.1. The molecule has 0 saturated carbocycles. The lowest BCUT2D eigenvalue weighted by Crippen LogP contribution is -2.34. The quantitative estimate of drug-likeness (QED) is 0.867. The number of ether oxygens (including phenoxy) is 1. The minimum Gasteiger partial charge on any atom is -0.484 e. The Morgan fingerprint density at radius 3 is 2.86 bits per heavy atom. The van der Waals surface area contributed by atoms with E-state index in [1.807, 2.05) is 23.2 Å². The highest BCUT2D eigenvalue weighted by Crippen LogP contribution is 2.31. The fourth-order valence-electron chi connectivity index (χ4n) is 2.74. The molecule has 5 heteroatoms. The first kappa shape index (κ1) is 14.9. The average molecular weight is 317 g/mol. The Morgan fingerprint density at radius 2 is 2.14 bits per heavy atom. The molecule has 2 heterocycles.